The van der Waals surface area contributed by atoms with Gasteiger partial charge < -0.3 is 9.47 Å². The topological polar surface area (TPSA) is 76.2 Å². The first kappa shape index (κ1) is 19.3. The fourth-order valence-corrected chi connectivity index (χ4v) is 3.06. The van der Waals surface area contributed by atoms with Gasteiger partial charge in [0.15, 0.2) is 5.78 Å². The molecule has 1 fully saturated rings. The van der Waals surface area contributed by atoms with Crippen molar-refractivity contribution in [3.63, 3.8) is 0 Å². The Bertz CT molecular complexity index is 929. The molecule has 1 heterocycles. The monoisotopic (exact) mass is 386 g/mol. The second kappa shape index (κ2) is 7.67. The zero-order valence-electron chi connectivity index (χ0n) is 15.6. The van der Waals surface area contributed by atoms with Crippen molar-refractivity contribution >= 4 is 23.4 Å². The standard InChI is InChI=1S/C20H19FN2O5/c1-12-19(25)22(20(26)23(12)14-6-4-13(21)5-7-14)11-17(24)16-9-8-15(27-2)10-18(16)28-3/h4-10,12H,11H2,1-3H3. The second-order valence-corrected chi connectivity index (χ2v) is 6.22. The molecule has 2 aromatic carbocycles. The number of amides is 3. The molecule has 7 nitrogen and oxygen atoms in total. The van der Waals surface area contributed by atoms with Gasteiger partial charge in [-0.05, 0) is 43.3 Å². The van der Waals surface area contributed by atoms with Crippen LogP contribution < -0.4 is 14.4 Å². The molecular formula is C20H19FN2O5. The van der Waals surface area contributed by atoms with E-state index in [-0.39, 0.29) is 11.3 Å². The molecule has 1 atom stereocenters. The molecule has 0 spiro atoms. The maximum absolute atomic E-state index is 13.2. The van der Waals surface area contributed by atoms with E-state index in [1.54, 1.807) is 19.1 Å². The van der Waals surface area contributed by atoms with Gasteiger partial charge in [-0.15, -0.1) is 0 Å². The van der Waals surface area contributed by atoms with Crippen LogP contribution in [0.1, 0.15) is 17.3 Å². The highest BCUT2D eigenvalue weighted by Crippen LogP contribution is 2.28. The predicted molar refractivity (Wildman–Crippen MR) is 99.3 cm³/mol. The number of rotatable bonds is 6. The number of imide groups is 1. The van der Waals surface area contributed by atoms with Gasteiger partial charge in [0, 0.05) is 11.8 Å². The van der Waals surface area contributed by atoms with Gasteiger partial charge in [0.1, 0.15) is 23.4 Å². The van der Waals surface area contributed by atoms with Crippen LogP contribution >= 0.6 is 0 Å². The molecular weight excluding hydrogens is 367 g/mol. The average Bonchev–Trinajstić information content (AvgIpc) is 2.91. The lowest BCUT2D eigenvalue weighted by atomic mass is 10.1. The number of halogens is 1. The number of nitrogens with zero attached hydrogens (tertiary/aromatic N) is 2. The minimum atomic E-state index is -0.802. The SMILES string of the molecule is COc1ccc(C(=O)CN2C(=O)C(C)N(c3ccc(F)cc3)C2=O)c(OC)c1. The fraction of sp³-hybridized carbons (Fsp3) is 0.250. The Labute approximate surface area is 161 Å². The zero-order valence-corrected chi connectivity index (χ0v) is 15.6. The smallest absolute Gasteiger partial charge is 0.332 e. The number of hydrogen-bond donors (Lipinski definition) is 0. The molecule has 28 heavy (non-hydrogen) atoms. The van der Waals surface area contributed by atoms with E-state index in [2.05, 4.69) is 0 Å². The summed E-state index contributed by atoms with van der Waals surface area (Å²) in [5.41, 5.74) is 0.612. The lowest BCUT2D eigenvalue weighted by molar-refractivity contribution is -0.126. The minimum absolute atomic E-state index is 0.233. The number of Topliss-reactive ketones (excluding diaryl/α,β-unsaturated/α-hetero) is 1. The van der Waals surface area contributed by atoms with Crippen LogP contribution in [0.4, 0.5) is 14.9 Å². The van der Waals surface area contributed by atoms with E-state index in [9.17, 15) is 18.8 Å². The number of benzene rings is 2. The van der Waals surface area contributed by atoms with Gasteiger partial charge in [0.25, 0.3) is 5.91 Å². The molecule has 3 rings (SSSR count). The number of urea groups is 1. The van der Waals surface area contributed by atoms with E-state index in [4.69, 9.17) is 9.47 Å². The van der Waals surface area contributed by atoms with Crippen molar-refractivity contribution in [1.82, 2.24) is 4.90 Å². The molecule has 0 bridgehead atoms. The van der Waals surface area contributed by atoms with Crippen LogP contribution in [-0.2, 0) is 4.79 Å². The second-order valence-electron chi connectivity index (χ2n) is 6.22. The van der Waals surface area contributed by atoms with E-state index in [1.165, 1.54) is 49.5 Å². The summed E-state index contributed by atoms with van der Waals surface area (Å²) in [4.78, 5) is 40.2. The molecule has 0 saturated carbocycles. The van der Waals surface area contributed by atoms with Crippen LogP contribution in [-0.4, -0.2) is 49.4 Å². The first-order chi connectivity index (χ1) is 13.4. The summed E-state index contributed by atoms with van der Waals surface area (Å²) in [6, 6.07) is 8.46. The third-order valence-electron chi connectivity index (χ3n) is 4.56. The van der Waals surface area contributed by atoms with Crippen molar-refractivity contribution in [1.29, 1.82) is 0 Å². The minimum Gasteiger partial charge on any atom is -0.497 e. The van der Waals surface area contributed by atoms with Gasteiger partial charge in [-0.3, -0.25) is 19.4 Å². The van der Waals surface area contributed by atoms with Crippen molar-refractivity contribution in [2.24, 2.45) is 0 Å². The Balaban J connectivity index is 1.84. The van der Waals surface area contributed by atoms with E-state index < -0.39 is 36.1 Å². The number of anilines is 1. The number of methoxy groups -OCH3 is 2. The first-order valence-electron chi connectivity index (χ1n) is 8.52. The summed E-state index contributed by atoms with van der Waals surface area (Å²) in [7, 11) is 2.90. The normalized spacial score (nSPS) is 16.5. The summed E-state index contributed by atoms with van der Waals surface area (Å²) in [6.07, 6.45) is 0. The lowest BCUT2D eigenvalue weighted by Crippen LogP contribution is -2.37. The molecule has 1 saturated heterocycles. The van der Waals surface area contributed by atoms with Crippen molar-refractivity contribution < 1.29 is 28.2 Å². The highest BCUT2D eigenvalue weighted by Gasteiger charge is 2.44. The van der Waals surface area contributed by atoms with Crippen LogP contribution in [0.5, 0.6) is 11.5 Å². The number of ether oxygens (including phenoxy) is 2. The zero-order chi connectivity index (χ0) is 20.4. The average molecular weight is 386 g/mol. The van der Waals surface area contributed by atoms with E-state index >= 15 is 0 Å². The molecule has 0 aliphatic carbocycles. The van der Waals surface area contributed by atoms with E-state index in [0.29, 0.717) is 11.4 Å². The maximum atomic E-state index is 13.2. The van der Waals surface area contributed by atoms with Crippen LogP contribution in [0.3, 0.4) is 0 Å². The van der Waals surface area contributed by atoms with Crippen molar-refractivity contribution in [3.8, 4) is 11.5 Å². The molecule has 0 aromatic heterocycles. The summed E-state index contributed by atoms with van der Waals surface area (Å²) in [5, 5.41) is 0. The van der Waals surface area contributed by atoms with Gasteiger partial charge in [0.05, 0.1) is 26.3 Å². The maximum Gasteiger partial charge on any atom is 0.332 e. The summed E-state index contributed by atoms with van der Waals surface area (Å²) in [5.74, 6) is -0.609. The highest BCUT2D eigenvalue weighted by atomic mass is 19.1. The molecule has 0 radical (unpaired) electrons. The van der Waals surface area contributed by atoms with E-state index in [1.807, 2.05) is 0 Å². The molecule has 146 valence electrons. The van der Waals surface area contributed by atoms with Gasteiger partial charge in [-0.25, -0.2) is 9.18 Å². The molecule has 3 amide bonds. The third-order valence-corrected chi connectivity index (χ3v) is 4.56. The molecule has 0 N–H and O–H groups in total. The Kier molecular flexibility index (Phi) is 5.30. The molecule has 2 aromatic rings. The quantitative estimate of drug-likeness (QED) is 0.564. The summed E-state index contributed by atoms with van der Waals surface area (Å²) in [6.45, 7) is 1.13. The van der Waals surface area contributed by atoms with Gasteiger partial charge >= 0.3 is 6.03 Å². The molecule has 8 heteroatoms. The fourth-order valence-electron chi connectivity index (χ4n) is 3.06. The summed E-state index contributed by atoms with van der Waals surface area (Å²) >= 11 is 0. The number of carbonyl (C=O) groups excluding carboxylic acids is 3. The number of carbonyl (C=O) groups is 3. The number of ketones is 1. The third kappa shape index (κ3) is 3.40. The van der Waals surface area contributed by atoms with Crippen LogP contribution in [0, 0.1) is 5.82 Å². The van der Waals surface area contributed by atoms with Crippen LogP contribution in [0.2, 0.25) is 0 Å². The highest BCUT2D eigenvalue weighted by molar-refractivity contribution is 6.16. The van der Waals surface area contributed by atoms with Gasteiger partial charge in [0.2, 0.25) is 0 Å². The lowest BCUT2D eigenvalue weighted by Gasteiger charge is -2.19. The van der Waals surface area contributed by atoms with Gasteiger partial charge in [-0.1, -0.05) is 0 Å². The molecule has 1 unspecified atom stereocenters. The van der Waals surface area contributed by atoms with Crippen LogP contribution in [0.15, 0.2) is 42.5 Å². The van der Waals surface area contributed by atoms with Gasteiger partial charge in [-0.2, -0.15) is 0 Å². The summed E-state index contributed by atoms with van der Waals surface area (Å²) < 4.78 is 23.5. The Morgan fingerprint density at radius 2 is 1.75 bits per heavy atom. The Hall–Kier alpha value is -3.42. The molecule has 1 aliphatic rings. The van der Waals surface area contributed by atoms with Crippen molar-refractivity contribution in [2.45, 2.75) is 13.0 Å². The number of hydrogen-bond acceptors (Lipinski definition) is 5. The van der Waals surface area contributed by atoms with E-state index in [0.717, 1.165) is 4.90 Å². The Morgan fingerprint density at radius 3 is 2.36 bits per heavy atom. The first-order valence-corrected chi connectivity index (χ1v) is 8.52. The van der Waals surface area contributed by atoms with Crippen LogP contribution in [0.25, 0.3) is 0 Å². The molecule has 1 aliphatic heterocycles. The van der Waals surface area contributed by atoms with Crippen molar-refractivity contribution in [3.05, 3.63) is 53.8 Å². The van der Waals surface area contributed by atoms with Crippen molar-refractivity contribution in [2.75, 3.05) is 25.7 Å². The largest absolute Gasteiger partial charge is 0.497 e. The predicted octanol–water partition coefficient (Wildman–Crippen LogP) is 2.88. The Morgan fingerprint density at radius 1 is 1.07 bits per heavy atom.